The van der Waals surface area contributed by atoms with Crippen LogP contribution in [0.15, 0.2) is 60.8 Å². The van der Waals surface area contributed by atoms with Crippen LogP contribution in [0.5, 0.6) is 5.75 Å². The summed E-state index contributed by atoms with van der Waals surface area (Å²) in [5.74, 6) is 0.981. The van der Waals surface area contributed by atoms with Crippen molar-refractivity contribution in [3.63, 3.8) is 0 Å². The van der Waals surface area contributed by atoms with E-state index in [-0.39, 0.29) is 0 Å². The van der Waals surface area contributed by atoms with Crippen molar-refractivity contribution < 1.29 is 4.74 Å². The third kappa shape index (κ3) is 4.01. The minimum absolute atomic E-state index is 0.391. The first kappa shape index (κ1) is 16.1. The monoisotopic (exact) mass is 331 g/mol. The molecule has 0 saturated heterocycles. The molecule has 0 N–H and O–H groups in total. The molecule has 0 radical (unpaired) electrons. The number of aryl methyl sites for hydroxylation is 2. The van der Waals surface area contributed by atoms with E-state index < -0.39 is 0 Å². The van der Waals surface area contributed by atoms with Gasteiger partial charge >= 0.3 is 0 Å². The van der Waals surface area contributed by atoms with Gasteiger partial charge in [-0.25, -0.2) is 0 Å². The summed E-state index contributed by atoms with van der Waals surface area (Å²) in [4.78, 5) is 4.55. The second-order valence-corrected chi connectivity index (χ2v) is 7.00. The van der Waals surface area contributed by atoms with Gasteiger partial charge in [0.05, 0.1) is 6.10 Å². The van der Waals surface area contributed by atoms with E-state index in [1.807, 2.05) is 12.3 Å². The lowest BCUT2D eigenvalue weighted by Crippen LogP contribution is -2.19. The minimum Gasteiger partial charge on any atom is -0.490 e. The number of hydrogen-bond donors (Lipinski definition) is 0. The maximum absolute atomic E-state index is 6.18. The molecule has 1 aliphatic carbocycles. The fourth-order valence-corrected chi connectivity index (χ4v) is 3.81. The Hall–Kier alpha value is -2.35. The maximum atomic E-state index is 6.18. The van der Waals surface area contributed by atoms with Crippen molar-refractivity contribution in [3.8, 4) is 5.75 Å². The average Bonchev–Trinajstić information content (AvgIpc) is 2.67. The second kappa shape index (κ2) is 7.69. The van der Waals surface area contributed by atoms with Gasteiger partial charge in [-0.15, -0.1) is 0 Å². The topological polar surface area (TPSA) is 22.1 Å². The molecule has 2 nitrogen and oxygen atoms in total. The summed E-state index contributed by atoms with van der Waals surface area (Å²) in [6.45, 7) is 0. The summed E-state index contributed by atoms with van der Waals surface area (Å²) in [5, 5.41) is 2.65. The Labute approximate surface area is 149 Å². The number of nitrogens with zero attached hydrogens (tertiary/aromatic N) is 1. The number of hydrogen-bond acceptors (Lipinski definition) is 2. The SMILES string of the molecule is c1ccc2c(CCc3cc(OC4CCCCC4)ccn3)cccc2c1. The van der Waals surface area contributed by atoms with Gasteiger partial charge in [0.15, 0.2) is 0 Å². The lowest BCUT2D eigenvalue weighted by Gasteiger charge is -2.23. The van der Waals surface area contributed by atoms with E-state index in [1.54, 1.807) is 0 Å². The van der Waals surface area contributed by atoms with Crippen LogP contribution >= 0.6 is 0 Å². The molecule has 1 aliphatic rings. The first-order valence-corrected chi connectivity index (χ1v) is 9.47. The quantitative estimate of drug-likeness (QED) is 0.595. The molecular formula is C23H25NO. The Morgan fingerprint density at radius 2 is 1.72 bits per heavy atom. The van der Waals surface area contributed by atoms with Gasteiger partial charge in [-0.1, -0.05) is 48.9 Å². The predicted octanol–water partition coefficient (Wildman–Crippen LogP) is 5.73. The maximum Gasteiger partial charge on any atom is 0.123 e. The Balaban J connectivity index is 1.44. The molecule has 1 heterocycles. The van der Waals surface area contributed by atoms with Crippen molar-refractivity contribution in [1.82, 2.24) is 4.98 Å². The standard InChI is InChI=1S/C23H25NO/c1-2-10-21(11-3-1)25-22-15-16-24-20(17-22)14-13-19-9-6-8-18-7-4-5-12-23(18)19/h4-9,12,15-17,21H,1-3,10-11,13-14H2. The molecule has 1 saturated carbocycles. The normalized spacial score (nSPS) is 15.4. The van der Waals surface area contributed by atoms with Crippen LogP contribution in [0.25, 0.3) is 10.8 Å². The lowest BCUT2D eigenvalue weighted by atomic mass is 9.98. The van der Waals surface area contributed by atoms with Gasteiger partial charge in [-0.05, 0) is 60.9 Å². The Bertz CT molecular complexity index is 831. The van der Waals surface area contributed by atoms with Gasteiger partial charge in [0.25, 0.3) is 0 Å². The van der Waals surface area contributed by atoms with E-state index in [0.717, 1.165) is 24.3 Å². The number of pyridine rings is 1. The van der Waals surface area contributed by atoms with Gasteiger partial charge in [0.2, 0.25) is 0 Å². The van der Waals surface area contributed by atoms with Crippen LogP contribution in [0.3, 0.4) is 0 Å². The van der Waals surface area contributed by atoms with Crippen LogP contribution in [0.1, 0.15) is 43.4 Å². The van der Waals surface area contributed by atoms with Crippen molar-refractivity contribution in [2.24, 2.45) is 0 Å². The molecule has 2 aromatic carbocycles. The number of benzene rings is 2. The smallest absolute Gasteiger partial charge is 0.123 e. The van der Waals surface area contributed by atoms with E-state index in [9.17, 15) is 0 Å². The molecule has 25 heavy (non-hydrogen) atoms. The van der Waals surface area contributed by atoms with Crippen molar-refractivity contribution in [1.29, 1.82) is 0 Å². The van der Waals surface area contributed by atoms with Crippen LogP contribution < -0.4 is 4.74 Å². The molecule has 0 bridgehead atoms. The lowest BCUT2D eigenvalue weighted by molar-refractivity contribution is 0.154. The van der Waals surface area contributed by atoms with E-state index in [2.05, 4.69) is 53.5 Å². The molecule has 2 heteroatoms. The van der Waals surface area contributed by atoms with E-state index >= 15 is 0 Å². The van der Waals surface area contributed by atoms with Gasteiger partial charge in [-0.3, -0.25) is 4.98 Å². The second-order valence-electron chi connectivity index (χ2n) is 7.00. The van der Waals surface area contributed by atoms with Gasteiger partial charge in [0.1, 0.15) is 5.75 Å². The zero-order valence-corrected chi connectivity index (χ0v) is 14.7. The highest BCUT2D eigenvalue weighted by molar-refractivity contribution is 5.85. The molecule has 0 amide bonds. The molecule has 1 aromatic heterocycles. The highest BCUT2D eigenvalue weighted by Gasteiger charge is 2.15. The number of fused-ring (bicyclic) bond motifs is 1. The van der Waals surface area contributed by atoms with Crippen LogP contribution in [0.4, 0.5) is 0 Å². The average molecular weight is 331 g/mol. The third-order valence-electron chi connectivity index (χ3n) is 5.17. The fraction of sp³-hybridized carbons (Fsp3) is 0.348. The van der Waals surface area contributed by atoms with Crippen LogP contribution in [-0.2, 0) is 12.8 Å². The molecular weight excluding hydrogens is 306 g/mol. The zero-order valence-electron chi connectivity index (χ0n) is 14.7. The van der Waals surface area contributed by atoms with E-state index in [4.69, 9.17) is 4.74 Å². The number of rotatable bonds is 5. The first-order chi connectivity index (χ1) is 12.4. The predicted molar refractivity (Wildman–Crippen MR) is 103 cm³/mol. The Morgan fingerprint density at radius 1 is 0.880 bits per heavy atom. The molecule has 4 rings (SSSR count). The molecule has 0 aliphatic heterocycles. The van der Waals surface area contributed by atoms with Crippen molar-refractivity contribution in [2.45, 2.75) is 51.0 Å². The molecule has 0 unspecified atom stereocenters. The van der Waals surface area contributed by atoms with E-state index in [1.165, 1.54) is 48.4 Å². The van der Waals surface area contributed by atoms with Crippen LogP contribution in [0.2, 0.25) is 0 Å². The van der Waals surface area contributed by atoms with Crippen LogP contribution in [-0.4, -0.2) is 11.1 Å². The molecule has 128 valence electrons. The summed E-state index contributed by atoms with van der Waals surface area (Å²) in [5.41, 5.74) is 2.50. The fourth-order valence-electron chi connectivity index (χ4n) is 3.81. The molecule has 3 aromatic rings. The number of aromatic nitrogens is 1. The highest BCUT2D eigenvalue weighted by Crippen LogP contribution is 2.24. The summed E-state index contributed by atoms with van der Waals surface area (Å²) >= 11 is 0. The summed E-state index contributed by atoms with van der Waals surface area (Å²) in [6.07, 6.45) is 10.5. The van der Waals surface area contributed by atoms with Crippen molar-refractivity contribution in [2.75, 3.05) is 0 Å². The molecule has 0 atom stereocenters. The Morgan fingerprint density at radius 3 is 2.64 bits per heavy atom. The highest BCUT2D eigenvalue weighted by atomic mass is 16.5. The van der Waals surface area contributed by atoms with Crippen molar-refractivity contribution >= 4 is 10.8 Å². The molecule has 0 spiro atoms. The van der Waals surface area contributed by atoms with E-state index in [0.29, 0.717) is 6.10 Å². The summed E-state index contributed by atoms with van der Waals surface area (Å²) in [7, 11) is 0. The number of ether oxygens (including phenoxy) is 1. The van der Waals surface area contributed by atoms with Crippen molar-refractivity contribution in [3.05, 3.63) is 72.1 Å². The minimum atomic E-state index is 0.391. The first-order valence-electron chi connectivity index (χ1n) is 9.47. The van der Waals surface area contributed by atoms with Gasteiger partial charge in [-0.2, -0.15) is 0 Å². The van der Waals surface area contributed by atoms with Crippen LogP contribution in [0, 0.1) is 0 Å². The largest absolute Gasteiger partial charge is 0.490 e. The third-order valence-corrected chi connectivity index (χ3v) is 5.17. The Kier molecular flexibility index (Phi) is 4.96. The molecule has 1 fully saturated rings. The summed E-state index contributed by atoms with van der Waals surface area (Å²) in [6, 6.07) is 19.3. The zero-order chi connectivity index (χ0) is 16.9. The van der Waals surface area contributed by atoms with Gasteiger partial charge < -0.3 is 4.74 Å². The van der Waals surface area contributed by atoms with Gasteiger partial charge in [0, 0.05) is 18.0 Å². The summed E-state index contributed by atoms with van der Waals surface area (Å²) < 4.78 is 6.18.